The highest BCUT2D eigenvalue weighted by atomic mass is 16.3. The van der Waals surface area contributed by atoms with E-state index in [0.717, 1.165) is 56.5 Å². The lowest BCUT2D eigenvalue weighted by Crippen LogP contribution is -2.10. The molecule has 1 atom stereocenters. The molecule has 9 aromatic carbocycles. The van der Waals surface area contributed by atoms with Crippen molar-refractivity contribution < 1.29 is 4.42 Å². The summed E-state index contributed by atoms with van der Waals surface area (Å²) in [5.41, 5.74) is 14.7. The molecule has 302 valence electrons. The summed E-state index contributed by atoms with van der Waals surface area (Å²) in [6, 6.07) is 72.5. The Kier molecular flexibility index (Phi) is 8.16. The van der Waals surface area contributed by atoms with Crippen LogP contribution in [0.15, 0.2) is 223 Å². The SMILES string of the molecule is C=CC(C/C=C/n1c2ccccc2c2ccccc21)c1ccc(N(c2ccc(-c3ccc4c(c3)oc3ccccc34)cc2)c2ccc3c(c2)c2cccc4c5ccccc5n3c42)cc1. The number of nitrogens with zero attached hydrogens (tertiary/aromatic N) is 3. The number of rotatable bonds is 9. The average Bonchev–Trinajstić information content (AvgIpc) is 4.09. The maximum Gasteiger partial charge on any atom is 0.136 e. The monoisotopic (exact) mass is 819 g/mol. The highest BCUT2D eigenvalue weighted by Crippen LogP contribution is 2.43. The lowest BCUT2D eigenvalue weighted by atomic mass is 9.95. The van der Waals surface area contributed by atoms with Gasteiger partial charge < -0.3 is 18.3 Å². The van der Waals surface area contributed by atoms with Gasteiger partial charge in [-0.3, -0.25) is 0 Å². The molecule has 0 aliphatic heterocycles. The molecule has 0 aliphatic rings. The fraction of sp³-hybridized carbons (Fsp3) is 0.0333. The number of fused-ring (bicyclic) bond motifs is 12. The van der Waals surface area contributed by atoms with E-state index < -0.39 is 0 Å². The van der Waals surface area contributed by atoms with Gasteiger partial charge in [0.2, 0.25) is 0 Å². The van der Waals surface area contributed by atoms with Gasteiger partial charge in [0.05, 0.1) is 27.6 Å². The van der Waals surface area contributed by atoms with Gasteiger partial charge in [-0.1, -0.05) is 133 Å². The van der Waals surface area contributed by atoms with E-state index in [9.17, 15) is 0 Å². The Morgan fingerprint density at radius 3 is 1.72 bits per heavy atom. The van der Waals surface area contributed by atoms with Crippen molar-refractivity contribution in [3.8, 4) is 11.1 Å². The van der Waals surface area contributed by atoms with Crippen molar-refractivity contribution in [1.29, 1.82) is 0 Å². The minimum absolute atomic E-state index is 0.153. The first kappa shape index (κ1) is 36.3. The van der Waals surface area contributed by atoms with Crippen LogP contribution in [0.3, 0.4) is 0 Å². The second-order valence-electron chi connectivity index (χ2n) is 16.9. The number of hydrogen-bond donors (Lipinski definition) is 0. The number of allylic oxidation sites excluding steroid dienone is 2. The molecule has 13 rings (SSSR count). The molecule has 0 fully saturated rings. The van der Waals surface area contributed by atoms with Crippen LogP contribution in [0.2, 0.25) is 0 Å². The molecule has 1 unspecified atom stereocenters. The highest BCUT2D eigenvalue weighted by Gasteiger charge is 2.20. The zero-order chi connectivity index (χ0) is 42.3. The summed E-state index contributed by atoms with van der Waals surface area (Å²) in [6.07, 6.45) is 7.41. The summed E-state index contributed by atoms with van der Waals surface area (Å²) < 4.78 is 11.0. The molecular formula is C60H41N3O. The molecule has 0 saturated carbocycles. The third kappa shape index (κ3) is 5.56. The first-order chi connectivity index (χ1) is 31.7. The summed E-state index contributed by atoms with van der Waals surface area (Å²) in [7, 11) is 0. The van der Waals surface area contributed by atoms with Crippen molar-refractivity contribution in [2.75, 3.05) is 4.90 Å². The molecule has 0 spiro atoms. The number of anilines is 3. The molecular weight excluding hydrogens is 779 g/mol. The van der Waals surface area contributed by atoms with Gasteiger partial charge in [0.1, 0.15) is 11.2 Å². The zero-order valence-corrected chi connectivity index (χ0v) is 35.0. The van der Waals surface area contributed by atoms with Gasteiger partial charge in [-0.05, 0) is 102 Å². The summed E-state index contributed by atoms with van der Waals surface area (Å²) in [5, 5.41) is 9.89. The largest absolute Gasteiger partial charge is 0.456 e. The predicted molar refractivity (Wildman–Crippen MR) is 271 cm³/mol. The van der Waals surface area contributed by atoms with Crippen LogP contribution in [0.25, 0.3) is 99.2 Å². The van der Waals surface area contributed by atoms with E-state index >= 15 is 0 Å². The Hall–Kier alpha value is -8.34. The first-order valence-corrected chi connectivity index (χ1v) is 22.1. The molecule has 4 nitrogen and oxygen atoms in total. The molecule has 0 radical (unpaired) electrons. The summed E-state index contributed by atoms with van der Waals surface area (Å²) in [6.45, 7) is 4.29. The van der Waals surface area contributed by atoms with E-state index in [-0.39, 0.29) is 5.92 Å². The van der Waals surface area contributed by atoms with Gasteiger partial charge in [0.25, 0.3) is 0 Å². The van der Waals surface area contributed by atoms with E-state index in [4.69, 9.17) is 4.42 Å². The molecule has 0 amide bonds. The molecule has 64 heavy (non-hydrogen) atoms. The van der Waals surface area contributed by atoms with Gasteiger partial charge in [-0.2, -0.15) is 0 Å². The van der Waals surface area contributed by atoms with Crippen LogP contribution >= 0.6 is 0 Å². The third-order valence-corrected chi connectivity index (χ3v) is 13.4. The number of hydrogen-bond acceptors (Lipinski definition) is 2. The van der Waals surface area contributed by atoms with Crippen LogP contribution < -0.4 is 4.90 Å². The topological polar surface area (TPSA) is 25.7 Å². The fourth-order valence-electron chi connectivity index (χ4n) is 10.4. The molecule has 4 heteroatoms. The van der Waals surface area contributed by atoms with E-state index in [1.165, 1.54) is 65.5 Å². The minimum atomic E-state index is 0.153. The predicted octanol–water partition coefficient (Wildman–Crippen LogP) is 16.8. The molecule has 0 bridgehead atoms. The molecule has 13 aromatic rings. The van der Waals surface area contributed by atoms with Crippen molar-refractivity contribution >= 4 is 105 Å². The maximum atomic E-state index is 6.27. The van der Waals surface area contributed by atoms with Crippen molar-refractivity contribution in [2.24, 2.45) is 0 Å². The fourth-order valence-corrected chi connectivity index (χ4v) is 10.4. The normalized spacial score (nSPS) is 12.7. The average molecular weight is 820 g/mol. The van der Waals surface area contributed by atoms with Crippen LogP contribution in [-0.4, -0.2) is 8.97 Å². The Morgan fingerprint density at radius 2 is 1.00 bits per heavy atom. The third-order valence-electron chi connectivity index (χ3n) is 13.4. The molecule has 0 N–H and O–H groups in total. The second-order valence-corrected chi connectivity index (χ2v) is 16.9. The van der Waals surface area contributed by atoms with Crippen molar-refractivity contribution in [3.63, 3.8) is 0 Å². The molecule has 0 aliphatic carbocycles. The number of aromatic nitrogens is 2. The van der Waals surface area contributed by atoms with E-state index in [1.807, 2.05) is 12.1 Å². The molecule has 0 saturated heterocycles. The van der Waals surface area contributed by atoms with Crippen molar-refractivity contribution in [1.82, 2.24) is 8.97 Å². The Bertz CT molecular complexity index is 3900. The summed E-state index contributed by atoms with van der Waals surface area (Å²) in [4.78, 5) is 2.38. The van der Waals surface area contributed by atoms with Crippen molar-refractivity contribution in [3.05, 3.63) is 224 Å². The quantitative estimate of drug-likeness (QED) is 0.136. The van der Waals surface area contributed by atoms with E-state index in [2.05, 4.69) is 227 Å². The van der Waals surface area contributed by atoms with Gasteiger partial charge in [-0.15, -0.1) is 6.58 Å². The van der Waals surface area contributed by atoms with Gasteiger partial charge >= 0.3 is 0 Å². The van der Waals surface area contributed by atoms with E-state index in [0.29, 0.717) is 0 Å². The Balaban J connectivity index is 0.880. The van der Waals surface area contributed by atoms with Gasteiger partial charge in [-0.25, -0.2) is 0 Å². The van der Waals surface area contributed by atoms with Crippen LogP contribution in [0.1, 0.15) is 17.9 Å². The molecule has 4 heterocycles. The van der Waals surface area contributed by atoms with E-state index in [1.54, 1.807) is 0 Å². The smallest absolute Gasteiger partial charge is 0.136 e. The zero-order valence-electron chi connectivity index (χ0n) is 35.0. The number of para-hydroxylation sites is 5. The lowest BCUT2D eigenvalue weighted by molar-refractivity contribution is 0.669. The minimum Gasteiger partial charge on any atom is -0.456 e. The standard InChI is InChI=1S/C60H41N3O/c1-2-39(13-12-36-61-54-20-7-3-14-46(54)47-15-4-8-21-55(47)61)40-24-29-43(30-25-40)62(44-31-26-41(27-32-44)42-28-34-50-49-17-6-10-23-58(49)64-59(50)37-42)45-33-35-57-53(38-45)52-19-11-18-51-48-16-5-9-22-56(48)63(57)60(51)52/h2-12,14-39H,1,13H2/b36-12+. The second kappa shape index (κ2) is 14.4. The number of benzene rings is 9. The van der Waals surface area contributed by atoms with Crippen LogP contribution in [-0.2, 0) is 0 Å². The Labute approximate surface area is 369 Å². The van der Waals surface area contributed by atoms with Crippen molar-refractivity contribution in [2.45, 2.75) is 12.3 Å². The van der Waals surface area contributed by atoms with Gasteiger partial charge in [0.15, 0.2) is 0 Å². The summed E-state index contributed by atoms with van der Waals surface area (Å²) in [5.74, 6) is 0.153. The first-order valence-electron chi connectivity index (χ1n) is 22.1. The molecule has 4 aromatic heterocycles. The maximum absolute atomic E-state index is 6.27. The lowest BCUT2D eigenvalue weighted by Gasteiger charge is -2.26. The highest BCUT2D eigenvalue weighted by molar-refractivity contribution is 6.23. The van der Waals surface area contributed by atoms with Gasteiger partial charge in [0, 0.05) is 72.3 Å². The van der Waals surface area contributed by atoms with Crippen LogP contribution in [0.5, 0.6) is 0 Å². The van der Waals surface area contributed by atoms with Crippen LogP contribution in [0.4, 0.5) is 17.1 Å². The van der Waals surface area contributed by atoms with Crippen LogP contribution in [0, 0.1) is 0 Å². The Morgan fingerprint density at radius 1 is 0.453 bits per heavy atom. The summed E-state index contributed by atoms with van der Waals surface area (Å²) >= 11 is 0. The number of furan rings is 1.